The van der Waals surface area contributed by atoms with E-state index >= 15 is 0 Å². The molecule has 1 unspecified atom stereocenters. The lowest BCUT2D eigenvalue weighted by atomic mass is 9.79. The minimum atomic E-state index is -1.32. The second-order valence-corrected chi connectivity index (χ2v) is 6.50. The van der Waals surface area contributed by atoms with E-state index in [2.05, 4.69) is 0 Å². The highest BCUT2D eigenvalue weighted by Crippen LogP contribution is 2.36. The maximum Gasteiger partial charge on any atom is 0.495 e. The lowest BCUT2D eigenvalue weighted by Gasteiger charge is -2.32. The Labute approximate surface area is 133 Å². The van der Waals surface area contributed by atoms with E-state index in [0.717, 1.165) is 6.07 Å². The van der Waals surface area contributed by atoms with Gasteiger partial charge in [-0.1, -0.05) is 0 Å². The molecule has 5 nitrogen and oxygen atoms in total. The molecule has 1 aliphatic rings. The number of ether oxygens (including phenoxy) is 1. The van der Waals surface area contributed by atoms with Gasteiger partial charge in [0.15, 0.2) is 17.7 Å². The molecule has 0 spiro atoms. The standard InChI is InChI=1S/C15H19BF2O5/c1-8(13(19)20)21-11-7-9(6-10(17)12(11)18)16-22-14(2,3)15(4,5)23-16/h6-8H,1-5H3,(H,19,20). The van der Waals surface area contributed by atoms with E-state index in [9.17, 15) is 13.6 Å². The molecule has 0 aromatic heterocycles. The Hall–Kier alpha value is -1.67. The van der Waals surface area contributed by atoms with Crippen molar-refractivity contribution in [1.82, 2.24) is 0 Å². The average molecular weight is 328 g/mol. The first-order chi connectivity index (χ1) is 10.4. The Morgan fingerprint density at radius 3 is 2.22 bits per heavy atom. The largest absolute Gasteiger partial charge is 0.495 e. The molecule has 1 heterocycles. The van der Waals surface area contributed by atoms with Crippen molar-refractivity contribution in [3.8, 4) is 5.75 Å². The van der Waals surface area contributed by atoms with E-state index < -0.39 is 47.8 Å². The summed E-state index contributed by atoms with van der Waals surface area (Å²) in [5.41, 5.74) is -1.06. The van der Waals surface area contributed by atoms with Crippen molar-refractivity contribution in [3.63, 3.8) is 0 Å². The molecule has 1 fully saturated rings. The summed E-state index contributed by atoms with van der Waals surface area (Å²) in [5, 5.41) is 8.83. The van der Waals surface area contributed by atoms with E-state index in [0.29, 0.717) is 0 Å². The molecule has 1 N–H and O–H groups in total. The van der Waals surface area contributed by atoms with E-state index in [1.807, 2.05) is 27.7 Å². The number of carbonyl (C=O) groups is 1. The number of aliphatic carboxylic acids is 1. The third kappa shape index (κ3) is 3.33. The van der Waals surface area contributed by atoms with Gasteiger partial charge in [0, 0.05) is 0 Å². The van der Waals surface area contributed by atoms with Gasteiger partial charge >= 0.3 is 13.1 Å². The van der Waals surface area contributed by atoms with Crippen LogP contribution in [-0.2, 0) is 14.1 Å². The maximum absolute atomic E-state index is 13.8. The number of hydrogen-bond donors (Lipinski definition) is 1. The number of rotatable bonds is 4. The topological polar surface area (TPSA) is 65.0 Å². The van der Waals surface area contributed by atoms with Crippen LogP contribution in [0.3, 0.4) is 0 Å². The fourth-order valence-corrected chi connectivity index (χ4v) is 2.03. The van der Waals surface area contributed by atoms with Gasteiger partial charge in [0.2, 0.25) is 5.82 Å². The van der Waals surface area contributed by atoms with Gasteiger partial charge in [-0.25, -0.2) is 9.18 Å². The van der Waals surface area contributed by atoms with E-state index in [4.69, 9.17) is 19.2 Å². The van der Waals surface area contributed by atoms with Crippen LogP contribution in [0.15, 0.2) is 12.1 Å². The van der Waals surface area contributed by atoms with Crippen LogP contribution < -0.4 is 10.2 Å². The first-order valence-electron chi connectivity index (χ1n) is 7.18. The van der Waals surface area contributed by atoms with Crippen LogP contribution in [0, 0.1) is 11.6 Å². The van der Waals surface area contributed by atoms with Crippen LogP contribution in [0.25, 0.3) is 0 Å². The maximum atomic E-state index is 13.8. The van der Waals surface area contributed by atoms with E-state index in [-0.39, 0.29) is 5.46 Å². The van der Waals surface area contributed by atoms with Crippen molar-refractivity contribution >= 4 is 18.6 Å². The Kier molecular flexibility index (Phi) is 4.43. The Morgan fingerprint density at radius 1 is 1.22 bits per heavy atom. The number of carboxylic acids is 1. The minimum absolute atomic E-state index is 0.218. The van der Waals surface area contributed by atoms with E-state index in [1.165, 1.54) is 13.0 Å². The predicted octanol–water partition coefficient (Wildman–Crippen LogP) is 2.12. The second kappa shape index (κ2) is 5.76. The number of carboxylic acid groups (broad SMARTS) is 1. The van der Waals surface area contributed by atoms with Gasteiger partial charge in [0.1, 0.15) is 0 Å². The van der Waals surface area contributed by atoms with Crippen LogP contribution in [0.5, 0.6) is 5.75 Å². The number of benzene rings is 1. The molecule has 8 heteroatoms. The minimum Gasteiger partial charge on any atom is -0.479 e. The third-order valence-corrected chi connectivity index (χ3v) is 4.19. The Bertz CT molecular complexity index is 617. The highest BCUT2D eigenvalue weighted by Gasteiger charge is 2.52. The zero-order valence-corrected chi connectivity index (χ0v) is 13.6. The summed E-state index contributed by atoms with van der Waals surface area (Å²) < 4.78 is 44.1. The monoisotopic (exact) mass is 328 g/mol. The molecular weight excluding hydrogens is 309 g/mol. The molecule has 1 aliphatic heterocycles. The Morgan fingerprint density at radius 2 is 1.74 bits per heavy atom. The summed E-state index contributed by atoms with van der Waals surface area (Å²) in [6, 6.07) is 2.15. The Balaban J connectivity index is 2.35. The summed E-state index contributed by atoms with van der Waals surface area (Å²) in [4.78, 5) is 10.8. The summed E-state index contributed by atoms with van der Waals surface area (Å²) in [5.74, 6) is -4.20. The van der Waals surface area contributed by atoms with Gasteiger partial charge in [0.25, 0.3) is 0 Å². The molecule has 1 saturated heterocycles. The summed E-state index contributed by atoms with van der Waals surface area (Å²) in [6.45, 7) is 8.54. The lowest BCUT2D eigenvalue weighted by Crippen LogP contribution is -2.41. The first kappa shape index (κ1) is 17.7. The van der Waals surface area contributed by atoms with Crippen molar-refractivity contribution in [2.45, 2.75) is 51.9 Å². The lowest BCUT2D eigenvalue weighted by molar-refractivity contribution is -0.144. The normalized spacial score (nSPS) is 20.4. The summed E-state index contributed by atoms with van der Waals surface area (Å²) >= 11 is 0. The highest BCUT2D eigenvalue weighted by atomic mass is 19.2. The zero-order chi connectivity index (χ0) is 17.6. The van der Waals surface area contributed by atoms with Crippen LogP contribution in [-0.4, -0.2) is 35.5 Å². The number of halogens is 2. The van der Waals surface area contributed by atoms with Crippen LogP contribution in [0.1, 0.15) is 34.6 Å². The fourth-order valence-electron chi connectivity index (χ4n) is 2.03. The predicted molar refractivity (Wildman–Crippen MR) is 79.8 cm³/mol. The molecule has 0 amide bonds. The SMILES string of the molecule is CC(Oc1cc(B2OC(C)(C)C(C)(C)O2)cc(F)c1F)C(=O)O. The highest BCUT2D eigenvalue weighted by molar-refractivity contribution is 6.62. The van der Waals surface area contributed by atoms with Gasteiger partial charge in [-0.2, -0.15) is 4.39 Å². The average Bonchev–Trinajstić information content (AvgIpc) is 2.63. The smallest absolute Gasteiger partial charge is 0.479 e. The van der Waals surface area contributed by atoms with Crippen molar-refractivity contribution in [1.29, 1.82) is 0 Å². The van der Waals surface area contributed by atoms with Gasteiger partial charge in [-0.15, -0.1) is 0 Å². The van der Waals surface area contributed by atoms with Crippen LogP contribution in [0.2, 0.25) is 0 Å². The zero-order valence-electron chi connectivity index (χ0n) is 13.6. The van der Waals surface area contributed by atoms with E-state index in [1.54, 1.807) is 0 Å². The van der Waals surface area contributed by atoms with Gasteiger partial charge in [-0.3, -0.25) is 0 Å². The fraction of sp³-hybridized carbons (Fsp3) is 0.533. The summed E-state index contributed by atoms with van der Waals surface area (Å²) in [6.07, 6.45) is -1.32. The quantitative estimate of drug-likeness (QED) is 0.858. The molecule has 0 aliphatic carbocycles. The van der Waals surface area contributed by atoms with Crippen molar-refractivity contribution in [3.05, 3.63) is 23.8 Å². The third-order valence-electron chi connectivity index (χ3n) is 4.19. The van der Waals surface area contributed by atoms with Crippen LogP contribution >= 0.6 is 0 Å². The molecule has 2 rings (SSSR count). The van der Waals surface area contributed by atoms with Crippen molar-refractivity contribution in [2.24, 2.45) is 0 Å². The molecule has 0 bridgehead atoms. The molecule has 23 heavy (non-hydrogen) atoms. The van der Waals surface area contributed by atoms with Gasteiger partial charge in [0.05, 0.1) is 11.2 Å². The molecular formula is C15H19BF2O5. The summed E-state index contributed by atoms with van der Waals surface area (Å²) in [7, 11) is -0.905. The van der Waals surface area contributed by atoms with Crippen molar-refractivity contribution < 1.29 is 32.7 Å². The van der Waals surface area contributed by atoms with Crippen molar-refractivity contribution in [2.75, 3.05) is 0 Å². The molecule has 126 valence electrons. The van der Waals surface area contributed by atoms with Gasteiger partial charge < -0.3 is 19.2 Å². The molecule has 1 aromatic rings. The van der Waals surface area contributed by atoms with Crippen LogP contribution in [0.4, 0.5) is 8.78 Å². The van der Waals surface area contributed by atoms with Gasteiger partial charge in [-0.05, 0) is 52.2 Å². The second-order valence-electron chi connectivity index (χ2n) is 6.50. The molecule has 1 aromatic carbocycles. The molecule has 0 radical (unpaired) electrons. The molecule has 1 atom stereocenters. The molecule has 0 saturated carbocycles. The first-order valence-corrected chi connectivity index (χ1v) is 7.18. The number of hydrogen-bond acceptors (Lipinski definition) is 4.